The number of furan rings is 1. The predicted molar refractivity (Wildman–Crippen MR) is 119 cm³/mol. The Kier molecular flexibility index (Phi) is 4.45. The van der Waals surface area contributed by atoms with Gasteiger partial charge in [-0.25, -0.2) is 9.59 Å². The van der Waals surface area contributed by atoms with Crippen molar-refractivity contribution >= 4 is 58.4 Å². The van der Waals surface area contributed by atoms with Gasteiger partial charge in [0.05, 0.1) is 22.3 Å². The lowest BCUT2D eigenvalue weighted by Gasteiger charge is -2.00. The molecule has 2 aromatic carbocycles. The Morgan fingerprint density at radius 3 is 1.52 bits per heavy atom. The van der Waals surface area contributed by atoms with E-state index in [0.717, 1.165) is 0 Å². The molecule has 33 heavy (non-hydrogen) atoms. The number of aromatic carboxylic acids is 2. The minimum atomic E-state index is -1.11. The van der Waals surface area contributed by atoms with Gasteiger partial charge in [0.25, 0.3) is 11.8 Å². The molecule has 9 nitrogen and oxygen atoms in total. The van der Waals surface area contributed by atoms with E-state index in [-0.39, 0.29) is 22.3 Å². The maximum Gasteiger partial charge on any atom is 0.335 e. The lowest BCUT2D eigenvalue weighted by Crippen LogP contribution is -2.03. The Bertz CT molecular complexity index is 1350. The summed E-state index contributed by atoms with van der Waals surface area (Å²) in [4.78, 5) is 47.3. The van der Waals surface area contributed by atoms with Gasteiger partial charge < -0.3 is 25.3 Å². The van der Waals surface area contributed by atoms with Gasteiger partial charge in [0.15, 0.2) is 0 Å². The van der Waals surface area contributed by atoms with Gasteiger partial charge in [0, 0.05) is 22.5 Å². The zero-order valence-electron chi connectivity index (χ0n) is 16.7. The summed E-state index contributed by atoms with van der Waals surface area (Å²) in [5.74, 6) is -2.37. The molecule has 2 aliphatic heterocycles. The van der Waals surface area contributed by atoms with Crippen LogP contribution in [0.5, 0.6) is 0 Å². The summed E-state index contributed by atoms with van der Waals surface area (Å²) >= 11 is 0. The molecule has 0 bridgehead atoms. The average Bonchev–Trinajstić information content (AvgIpc) is 3.44. The molecule has 0 saturated heterocycles. The molecular formula is C24H14N2O7. The summed E-state index contributed by atoms with van der Waals surface area (Å²) in [6.45, 7) is 0. The summed E-state index contributed by atoms with van der Waals surface area (Å²) in [7, 11) is 0. The number of rotatable bonds is 4. The molecule has 5 rings (SSSR count). The zero-order chi connectivity index (χ0) is 23.3. The Balaban J connectivity index is 1.50. The van der Waals surface area contributed by atoms with E-state index in [0.29, 0.717) is 34.0 Å². The number of hydrogen-bond acceptors (Lipinski definition) is 5. The third kappa shape index (κ3) is 3.47. The molecular weight excluding hydrogens is 428 g/mol. The molecule has 0 saturated carbocycles. The lowest BCUT2D eigenvalue weighted by molar-refractivity contribution is -0.111. The highest BCUT2D eigenvalue weighted by atomic mass is 16.4. The van der Waals surface area contributed by atoms with Crippen molar-refractivity contribution in [3.05, 3.63) is 82.3 Å². The fourth-order valence-corrected chi connectivity index (χ4v) is 3.74. The van der Waals surface area contributed by atoms with Crippen molar-refractivity contribution in [1.82, 2.24) is 0 Å². The van der Waals surface area contributed by atoms with E-state index in [1.165, 1.54) is 48.6 Å². The lowest BCUT2D eigenvalue weighted by atomic mass is 10.0. The van der Waals surface area contributed by atoms with E-state index >= 15 is 0 Å². The molecule has 9 heteroatoms. The van der Waals surface area contributed by atoms with Gasteiger partial charge in [-0.3, -0.25) is 9.59 Å². The van der Waals surface area contributed by atoms with E-state index in [1.807, 2.05) is 0 Å². The number of nitrogens with one attached hydrogen (secondary N) is 2. The molecule has 4 N–H and O–H groups in total. The minimum Gasteiger partial charge on any atom is -0.478 e. The fourth-order valence-electron chi connectivity index (χ4n) is 3.74. The van der Waals surface area contributed by atoms with E-state index in [9.17, 15) is 29.4 Å². The smallest absolute Gasteiger partial charge is 0.335 e. The van der Waals surface area contributed by atoms with Crippen LogP contribution >= 0.6 is 0 Å². The number of hydrogen-bond donors (Lipinski definition) is 4. The summed E-state index contributed by atoms with van der Waals surface area (Å²) in [5.41, 5.74) is 2.48. The molecule has 0 fully saturated rings. The number of carboxylic acids is 2. The first-order valence-electron chi connectivity index (χ1n) is 9.71. The SMILES string of the molecule is O=C1Nc2ccc(C(=O)O)cc2/C1=C\c1ccc(/C=C2/C(=O)Nc3ccc(C(=O)O)cc32)o1. The second-order valence-electron chi connectivity index (χ2n) is 7.40. The van der Waals surface area contributed by atoms with Crippen molar-refractivity contribution in [3.8, 4) is 0 Å². The van der Waals surface area contributed by atoms with Crippen molar-refractivity contribution in [2.75, 3.05) is 10.6 Å². The molecule has 0 unspecified atom stereocenters. The van der Waals surface area contributed by atoms with Crippen LogP contribution in [0.1, 0.15) is 43.4 Å². The van der Waals surface area contributed by atoms with Gasteiger partial charge in [-0.1, -0.05) is 0 Å². The Hall–Kier alpha value is -4.92. The third-order valence-corrected chi connectivity index (χ3v) is 5.32. The van der Waals surface area contributed by atoms with Crippen LogP contribution in [-0.2, 0) is 9.59 Å². The van der Waals surface area contributed by atoms with Crippen molar-refractivity contribution in [2.45, 2.75) is 0 Å². The molecule has 2 aliphatic rings. The van der Waals surface area contributed by atoms with E-state index < -0.39 is 23.8 Å². The van der Waals surface area contributed by atoms with E-state index in [2.05, 4.69) is 10.6 Å². The van der Waals surface area contributed by atoms with Gasteiger partial charge in [-0.2, -0.15) is 0 Å². The van der Waals surface area contributed by atoms with Gasteiger partial charge in [0.2, 0.25) is 0 Å². The molecule has 0 aliphatic carbocycles. The van der Waals surface area contributed by atoms with E-state index in [4.69, 9.17) is 4.42 Å². The highest BCUT2D eigenvalue weighted by molar-refractivity contribution is 6.35. The number of amides is 2. The Labute approximate surface area is 185 Å². The van der Waals surface area contributed by atoms with Crippen molar-refractivity contribution < 1.29 is 33.8 Å². The van der Waals surface area contributed by atoms with Crippen LogP contribution in [0.3, 0.4) is 0 Å². The highest BCUT2D eigenvalue weighted by Crippen LogP contribution is 2.36. The zero-order valence-corrected chi connectivity index (χ0v) is 16.7. The first-order valence-corrected chi connectivity index (χ1v) is 9.71. The van der Waals surface area contributed by atoms with Gasteiger partial charge >= 0.3 is 11.9 Å². The van der Waals surface area contributed by atoms with Crippen LogP contribution in [-0.4, -0.2) is 34.0 Å². The first-order chi connectivity index (χ1) is 15.8. The summed E-state index contributed by atoms with van der Waals surface area (Å²) in [6, 6.07) is 11.9. The maximum absolute atomic E-state index is 12.4. The molecule has 3 aromatic rings. The van der Waals surface area contributed by atoms with Gasteiger partial charge in [-0.15, -0.1) is 0 Å². The number of benzene rings is 2. The van der Waals surface area contributed by atoms with Crippen LogP contribution < -0.4 is 10.6 Å². The molecule has 2 amide bonds. The number of carboxylic acid groups (broad SMARTS) is 2. The van der Waals surface area contributed by atoms with Gasteiger partial charge in [0.1, 0.15) is 11.5 Å². The number of fused-ring (bicyclic) bond motifs is 2. The normalized spacial score (nSPS) is 16.5. The Morgan fingerprint density at radius 1 is 0.697 bits per heavy atom. The fraction of sp³-hybridized carbons (Fsp3) is 0. The van der Waals surface area contributed by atoms with Crippen LogP contribution in [0.25, 0.3) is 23.3 Å². The first kappa shape index (κ1) is 20.0. The maximum atomic E-state index is 12.4. The molecule has 0 atom stereocenters. The summed E-state index contributed by atoms with van der Waals surface area (Å²) in [6.07, 6.45) is 2.97. The Morgan fingerprint density at radius 2 is 1.12 bits per heavy atom. The largest absolute Gasteiger partial charge is 0.478 e. The third-order valence-electron chi connectivity index (χ3n) is 5.32. The number of carbonyl (C=O) groups is 4. The second-order valence-corrected chi connectivity index (χ2v) is 7.40. The molecule has 1 aromatic heterocycles. The summed E-state index contributed by atoms with van der Waals surface area (Å²) < 4.78 is 5.74. The quantitative estimate of drug-likeness (QED) is 0.451. The monoisotopic (exact) mass is 442 g/mol. The molecule has 162 valence electrons. The van der Waals surface area contributed by atoms with Crippen molar-refractivity contribution in [3.63, 3.8) is 0 Å². The van der Waals surface area contributed by atoms with E-state index in [1.54, 1.807) is 12.1 Å². The molecule has 0 radical (unpaired) electrons. The van der Waals surface area contributed by atoms with Crippen LogP contribution in [0.4, 0.5) is 11.4 Å². The number of carbonyl (C=O) groups excluding carboxylic acids is 2. The van der Waals surface area contributed by atoms with Crippen LogP contribution in [0.15, 0.2) is 52.9 Å². The van der Waals surface area contributed by atoms with Crippen molar-refractivity contribution in [1.29, 1.82) is 0 Å². The standard InChI is InChI=1S/C24H14N2O7/c27-21-17(15-7-11(23(29)30)1-5-19(15)25-21)9-13-3-4-14(33-13)10-18-16-8-12(24(31)32)2-6-20(16)26-22(18)28/h1-10H,(H,25,27)(H,26,28)(H,29,30)(H,31,32)/b17-9+,18-10+. The van der Waals surface area contributed by atoms with Crippen LogP contribution in [0.2, 0.25) is 0 Å². The average molecular weight is 442 g/mol. The molecule has 3 heterocycles. The topological polar surface area (TPSA) is 146 Å². The predicted octanol–water partition coefficient (Wildman–Crippen LogP) is 3.66. The number of anilines is 2. The summed E-state index contributed by atoms with van der Waals surface area (Å²) in [5, 5.41) is 23.8. The molecule has 0 spiro atoms. The van der Waals surface area contributed by atoms with Crippen LogP contribution in [0, 0.1) is 0 Å². The van der Waals surface area contributed by atoms with Gasteiger partial charge in [-0.05, 0) is 60.7 Å². The second kappa shape index (κ2) is 7.34. The van der Waals surface area contributed by atoms with Crippen molar-refractivity contribution in [2.24, 2.45) is 0 Å². The highest BCUT2D eigenvalue weighted by Gasteiger charge is 2.27. The minimum absolute atomic E-state index is 0.0488.